The Hall–Kier alpha value is -2.64. The van der Waals surface area contributed by atoms with Crippen LogP contribution >= 0.6 is 23.2 Å². The van der Waals surface area contributed by atoms with E-state index in [1.54, 1.807) is 65.1 Å². The highest BCUT2D eigenvalue weighted by molar-refractivity contribution is 6.30. The summed E-state index contributed by atoms with van der Waals surface area (Å²) in [5.74, 6) is -2.50. The Labute approximate surface area is 221 Å². The molecule has 1 N–H and O–H groups in total. The zero-order valence-corrected chi connectivity index (χ0v) is 22.6. The Bertz CT molecular complexity index is 1130. The second-order valence-corrected chi connectivity index (χ2v) is 11.4. The number of hydrogen-bond acceptors (Lipinski definition) is 5. The van der Waals surface area contributed by atoms with E-state index in [0.717, 1.165) is 5.56 Å². The molecule has 2 aromatic rings. The lowest BCUT2D eigenvalue weighted by molar-refractivity contribution is -0.175. The molecular formula is C27H32Cl2N2O5. The van der Waals surface area contributed by atoms with Crippen molar-refractivity contribution in [3.63, 3.8) is 0 Å². The van der Waals surface area contributed by atoms with Crippen LogP contribution < -0.4 is 0 Å². The lowest BCUT2D eigenvalue weighted by Gasteiger charge is -2.50. The molecule has 1 aliphatic heterocycles. The van der Waals surface area contributed by atoms with Crippen molar-refractivity contribution in [3.05, 3.63) is 63.9 Å². The lowest BCUT2D eigenvalue weighted by Crippen LogP contribution is -2.58. The molecule has 1 aromatic carbocycles. The summed E-state index contributed by atoms with van der Waals surface area (Å²) >= 11 is 12.5. The van der Waals surface area contributed by atoms with Gasteiger partial charge in [-0.25, -0.2) is 4.79 Å². The van der Waals surface area contributed by atoms with Crippen molar-refractivity contribution < 1.29 is 24.2 Å². The van der Waals surface area contributed by atoms with Gasteiger partial charge in [0.25, 0.3) is 0 Å². The van der Waals surface area contributed by atoms with Crippen LogP contribution in [-0.2, 0) is 19.1 Å². The van der Waals surface area contributed by atoms with Crippen LogP contribution in [0.1, 0.15) is 77.1 Å². The largest absolute Gasteiger partial charge is 0.481 e. The van der Waals surface area contributed by atoms with Gasteiger partial charge in [-0.15, -0.1) is 0 Å². The third-order valence-electron chi connectivity index (χ3n) is 6.38. The van der Waals surface area contributed by atoms with Gasteiger partial charge in [-0.05, 0) is 63.4 Å². The number of piperidine rings is 1. The van der Waals surface area contributed by atoms with Gasteiger partial charge in [-0.1, -0.05) is 49.2 Å². The molecule has 3 rings (SSSR count). The number of carbonyl (C=O) groups is 3. The van der Waals surface area contributed by atoms with Crippen LogP contribution in [0.15, 0.2) is 42.6 Å². The summed E-state index contributed by atoms with van der Waals surface area (Å²) < 4.78 is 5.70. The minimum Gasteiger partial charge on any atom is -0.481 e. The molecule has 0 radical (unpaired) electrons. The third kappa shape index (κ3) is 6.19. The zero-order valence-electron chi connectivity index (χ0n) is 21.1. The Morgan fingerprint density at radius 3 is 2.36 bits per heavy atom. The van der Waals surface area contributed by atoms with Crippen molar-refractivity contribution in [2.45, 2.75) is 77.5 Å². The molecule has 7 nitrogen and oxygen atoms in total. The van der Waals surface area contributed by atoms with Crippen molar-refractivity contribution in [2.24, 2.45) is 5.41 Å². The fourth-order valence-corrected chi connectivity index (χ4v) is 5.22. The van der Waals surface area contributed by atoms with Gasteiger partial charge in [0.15, 0.2) is 0 Å². The number of benzene rings is 1. The second-order valence-electron chi connectivity index (χ2n) is 10.5. The number of rotatable bonds is 7. The van der Waals surface area contributed by atoms with E-state index in [1.165, 1.54) is 4.90 Å². The van der Waals surface area contributed by atoms with Crippen molar-refractivity contribution in [3.8, 4) is 0 Å². The molecule has 1 aliphatic rings. The zero-order chi connectivity index (χ0) is 26.8. The van der Waals surface area contributed by atoms with Gasteiger partial charge in [-0.2, -0.15) is 0 Å². The number of carbonyl (C=O) groups excluding carboxylic acids is 2. The van der Waals surface area contributed by atoms with Gasteiger partial charge in [0.05, 0.1) is 17.9 Å². The first-order chi connectivity index (χ1) is 16.8. The van der Waals surface area contributed by atoms with E-state index in [2.05, 4.69) is 4.98 Å². The first-order valence-corrected chi connectivity index (χ1v) is 12.7. The minimum atomic E-state index is -1.28. The van der Waals surface area contributed by atoms with Gasteiger partial charge < -0.3 is 14.7 Å². The molecular weight excluding hydrogens is 503 g/mol. The summed E-state index contributed by atoms with van der Waals surface area (Å²) in [6.45, 7) is 8.73. The molecule has 1 fully saturated rings. The highest BCUT2D eigenvalue weighted by Gasteiger charge is 2.54. The van der Waals surface area contributed by atoms with Crippen LogP contribution in [0.3, 0.4) is 0 Å². The summed E-state index contributed by atoms with van der Waals surface area (Å²) in [7, 11) is 0. The van der Waals surface area contributed by atoms with E-state index >= 15 is 0 Å². The van der Waals surface area contributed by atoms with Crippen LogP contribution in [0.25, 0.3) is 0 Å². The number of carboxylic acid groups (broad SMARTS) is 1. The Morgan fingerprint density at radius 1 is 1.19 bits per heavy atom. The van der Waals surface area contributed by atoms with E-state index < -0.39 is 53.3 Å². The van der Waals surface area contributed by atoms with E-state index in [9.17, 15) is 19.5 Å². The van der Waals surface area contributed by atoms with Crippen molar-refractivity contribution in [1.82, 2.24) is 9.88 Å². The molecule has 0 aliphatic carbocycles. The number of esters is 1. The Balaban J connectivity index is 2.25. The van der Waals surface area contributed by atoms with E-state index in [-0.39, 0.29) is 12.8 Å². The maximum absolute atomic E-state index is 14.1. The average molecular weight is 535 g/mol. The van der Waals surface area contributed by atoms with Crippen LogP contribution in [0.5, 0.6) is 0 Å². The molecule has 2 heterocycles. The molecule has 36 heavy (non-hydrogen) atoms. The topological polar surface area (TPSA) is 96.8 Å². The highest BCUT2D eigenvalue weighted by atomic mass is 35.5. The highest BCUT2D eigenvalue weighted by Crippen LogP contribution is 2.52. The average Bonchev–Trinajstić information content (AvgIpc) is 2.76. The number of nitrogens with zero attached hydrogens (tertiary/aromatic N) is 2. The maximum atomic E-state index is 14.1. The summed E-state index contributed by atoms with van der Waals surface area (Å²) in [6.07, 6.45) is 1.68. The predicted octanol–water partition coefficient (Wildman–Crippen LogP) is 6.05. The number of halogens is 2. The summed E-state index contributed by atoms with van der Waals surface area (Å²) in [4.78, 5) is 45.4. The molecule has 1 unspecified atom stereocenters. The fourth-order valence-electron chi connectivity index (χ4n) is 4.92. The Kier molecular flexibility index (Phi) is 8.36. The van der Waals surface area contributed by atoms with Gasteiger partial charge >= 0.3 is 11.9 Å². The summed E-state index contributed by atoms with van der Waals surface area (Å²) in [5, 5.41) is 10.7. The van der Waals surface area contributed by atoms with Crippen LogP contribution in [0.4, 0.5) is 0 Å². The summed E-state index contributed by atoms with van der Waals surface area (Å²) in [5.41, 5.74) is -0.689. The lowest BCUT2D eigenvalue weighted by atomic mass is 9.68. The van der Waals surface area contributed by atoms with Gasteiger partial charge in [0.1, 0.15) is 11.6 Å². The molecule has 0 spiro atoms. The number of likely N-dealkylation sites (tertiary alicyclic amines) is 1. The first-order valence-electron chi connectivity index (χ1n) is 11.9. The van der Waals surface area contributed by atoms with Gasteiger partial charge in [0, 0.05) is 27.9 Å². The number of pyridine rings is 1. The number of aliphatic carboxylic acids is 1. The van der Waals surface area contributed by atoms with Crippen molar-refractivity contribution >= 4 is 41.0 Å². The normalized spacial score (nSPS) is 23.3. The third-order valence-corrected chi connectivity index (χ3v) is 6.87. The molecule has 0 bridgehead atoms. The molecule has 0 saturated carbocycles. The van der Waals surface area contributed by atoms with Crippen LogP contribution in [0, 0.1) is 5.41 Å². The van der Waals surface area contributed by atoms with E-state index in [4.69, 9.17) is 27.9 Å². The van der Waals surface area contributed by atoms with E-state index in [0.29, 0.717) is 15.7 Å². The quantitative estimate of drug-likeness (QED) is 0.434. The smallest absolute Gasteiger partial charge is 0.329 e. The van der Waals surface area contributed by atoms with Gasteiger partial charge in [0.2, 0.25) is 5.91 Å². The SMILES string of the molecule is CCC(C(=O)OC(C)(C)C)N1C(=O)[C@@](C)(CC(=O)O)C[C@H](c2cc(Cl)ccn2)[C@H]1c1ccc(Cl)cc1. The summed E-state index contributed by atoms with van der Waals surface area (Å²) in [6, 6.07) is 8.88. The van der Waals surface area contributed by atoms with Gasteiger partial charge in [-0.3, -0.25) is 14.6 Å². The number of hydrogen-bond donors (Lipinski definition) is 1. The number of carboxylic acids is 1. The molecule has 194 valence electrons. The molecule has 1 aromatic heterocycles. The maximum Gasteiger partial charge on any atom is 0.329 e. The van der Waals surface area contributed by atoms with Crippen molar-refractivity contribution in [2.75, 3.05) is 0 Å². The molecule has 4 atom stereocenters. The van der Waals surface area contributed by atoms with Crippen LogP contribution in [0.2, 0.25) is 10.0 Å². The predicted molar refractivity (Wildman–Crippen MR) is 138 cm³/mol. The monoisotopic (exact) mass is 534 g/mol. The van der Waals surface area contributed by atoms with E-state index in [1.807, 2.05) is 12.1 Å². The number of ether oxygens (including phenoxy) is 1. The number of aromatic nitrogens is 1. The second kappa shape index (κ2) is 10.8. The van der Waals surface area contributed by atoms with Crippen LogP contribution in [-0.4, -0.2) is 44.5 Å². The fraction of sp³-hybridized carbons (Fsp3) is 0.481. The minimum absolute atomic E-state index is 0.208. The number of amides is 1. The molecule has 1 amide bonds. The Morgan fingerprint density at radius 2 is 1.83 bits per heavy atom. The molecule has 9 heteroatoms. The standard InChI is InChI=1S/C27H32Cl2N2O5/c1-6-21(24(34)36-26(2,3)4)31-23(16-7-9-17(28)10-8-16)19(20-13-18(29)11-12-30-20)14-27(5,25(31)35)15-22(32)33/h7-13,19,21,23H,6,14-15H2,1-5H3,(H,32,33)/t19-,21?,23-,27-/m1/s1. The molecule has 1 saturated heterocycles. The van der Waals surface area contributed by atoms with Crippen molar-refractivity contribution in [1.29, 1.82) is 0 Å². The first kappa shape index (κ1) is 27.9.